The molecule has 0 fully saturated rings. The van der Waals surface area contributed by atoms with Gasteiger partial charge >= 0.3 is 0 Å². The summed E-state index contributed by atoms with van der Waals surface area (Å²) in [5.74, 6) is 0. The van der Waals surface area contributed by atoms with Gasteiger partial charge in [-0.05, 0) is 0 Å². The van der Waals surface area contributed by atoms with Crippen LogP contribution in [0.15, 0.2) is 0 Å². The number of rotatable bonds is 1. The molecule has 0 radical (unpaired) electrons. The minimum atomic E-state index is -0.625. The second kappa shape index (κ2) is 3.92. The summed E-state index contributed by atoms with van der Waals surface area (Å²) in [6.07, 6.45) is 0. The van der Waals surface area contributed by atoms with Gasteiger partial charge in [-0.25, -0.2) is 0 Å². The van der Waals surface area contributed by atoms with Crippen molar-refractivity contribution in [3.05, 3.63) is 0 Å². The van der Waals surface area contributed by atoms with E-state index in [1.54, 1.807) is 0 Å². The van der Waals surface area contributed by atoms with Crippen molar-refractivity contribution in [2.45, 2.75) is 0 Å². The van der Waals surface area contributed by atoms with Gasteiger partial charge in [0.2, 0.25) is 0 Å². The topological polar surface area (TPSA) is 0 Å². The van der Waals surface area contributed by atoms with Crippen LogP contribution in [0.3, 0.4) is 0 Å². The highest BCUT2D eigenvalue weighted by Gasteiger charge is 1.46. The SMILES string of the molecule is [3H]S(=S)CS. The highest BCUT2D eigenvalue weighted by molar-refractivity contribution is 8.21. The molecule has 0 bridgehead atoms. The predicted molar refractivity (Wildman–Crippen MR) is 30.0 cm³/mol. The van der Waals surface area contributed by atoms with Gasteiger partial charge in [0, 0.05) is 5.08 Å². The summed E-state index contributed by atoms with van der Waals surface area (Å²) in [6, 6.07) is 0. The van der Waals surface area contributed by atoms with Gasteiger partial charge in [0.05, 0.1) is 0 Å². The zero-order chi connectivity index (χ0) is 4.28. The van der Waals surface area contributed by atoms with Gasteiger partial charge in [-0.3, -0.25) is 0 Å². The maximum atomic E-state index is 6.59. The Bertz CT molecular complexity index is 42.2. The Labute approximate surface area is 40.7 Å². The Morgan fingerprint density at radius 2 is 2.75 bits per heavy atom. The van der Waals surface area contributed by atoms with E-state index in [2.05, 4.69) is 23.8 Å². The molecule has 0 aliphatic carbocycles. The van der Waals surface area contributed by atoms with Crippen LogP contribution in [-0.4, -0.2) is 6.21 Å². The quantitative estimate of drug-likeness (QED) is 0.458. The second-order valence-corrected chi connectivity index (χ2v) is 2.22. The van der Waals surface area contributed by atoms with Crippen LogP contribution in [0.4, 0.5) is 0 Å². The van der Waals surface area contributed by atoms with Gasteiger partial charge in [-0.15, -0.1) is 10.2 Å². The summed E-state index contributed by atoms with van der Waals surface area (Å²) in [7, 11) is -0.625. The maximum Gasteiger partial charge on any atom is 0.109 e. The molecular weight excluding hydrogens is 108 g/mol. The molecule has 0 aliphatic rings. The molecule has 0 aromatic heterocycles. The molecule has 0 aromatic rings. The van der Waals surface area contributed by atoms with Crippen LogP contribution in [-0.2, 0) is 21.4 Å². The zero-order valence-electron chi connectivity index (χ0n) is 2.97. The normalized spacial score (nSPS) is 18.8. The van der Waals surface area contributed by atoms with Gasteiger partial charge in [-0.1, -0.05) is 11.2 Å². The Balaban J connectivity index is 2.85. The summed E-state index contributed by atoms with van der Waals surface area (Å²) in [6.45, 7) is 0. The monoisotopic (exact) mass is 114 g/mol. The van der Waals surface area contributed by atoms with E-state index in [0.717, 1.165) is 0 Å². The second-order valence-electron chi connectivity index (χ2n) is 0.247. The minimum absolute atomic E-state index is 0.509. The van der Waals surface area contributed by atoms with Crippen LogP contribution < -0.4 is 0 Å². The smallest absolute Gasteiger partial charge is 0.109 e. The van der Waals surface area contributed by atoms with Gasteiger partial charge in [-0.2, -0.15) is 12.6 Å². The number of thiol groups is 2. The molecular formula is CH4S3. The summed E-state index contributed by atoms with van der Waals surface area (Å²) >= 11 is 8.13. The molecule has 0 saturated heterocycles. The van der Waals surface area contributed by atoms with Crippen molar-refractivity contribution in [3.8, 4) is 0 Å². The van der Waals surface area contributed by atoms with E-state index < -0.39 is 10.2 Å². The molecule has 0 amide bonds. The molecule has 4 heavy (non-hydrogen) atoms. The third kappa shape index (κ3) is 2.92. The first-order valence-electron chi connectivity index (χ1n) is 1.18. The van der Waals surface area contributed by atoms with E-state index in [0.29, 0.717) is 5.08 Å². The molecule has 0 nitrogen and oxygen atoms in total. The molecule has 1 atom stereocenters. The summed E-state index contributed by atoms with van der Waals surface area (Å²) < 4.78 is 6.59. The molecule has 0 spiro atoms. The van der Waals surface area contributed by atoms with Gasteiger partial charge in [0.15, 0.2) is 0 Å². The summed E-state index contributed by atoms with van der Waals surface area (Å²) in [5, 5.41) is 0.509. The standard InChI is InChI=1S/CH4S3/c2-1-4-3/h2,4H,1H2/i4T. The average molecular weight is 114 g/mol. The van der Waals surface area contributed by atoms with Gasteiger partial charge in [0.25, 0.3) is 0 Å². The Morgan fingerprint density at radius 3 is 2.75 bits per heavy atom. The van der Waals surface area contributed by atoms with E-state index in [4.69, 9.17) is 1.12 Å². The predicted octanol–water partition coefficient (Wildman–Crippen LogP) is 0.151. The largest absolute Gasteiger partial charge is 0.168 e. The van der Waals surface area contributed by atoms with Crippen molar-refractivity contribution >= 4 is 34.0 Å². The van der Waals surface area contributed by atoms with Crippen molar-refractivity contribution in [2.24, 2.45) is 0 Å². The molecule has 1 unspecified atom stereocenters. The Hall–Kier alpha value is 0.920. The van der Waals surface area contributed by atoms with Crippen molar-refractivity contribution in [1.29, 1.82) is 1.12 Å². The maximum absolute atomic E-state index is 6.59. The number of hydrogen-bond acceptors (Lipinski definition) is 2. The summed E-state index contributed by atoms with van der Waals surface area (Å²) in [5.41, 5.74) is 0. The van der Waals surface area contributed by atoms with E-state index >= 15 is 0 Å². The van der Waals surface area contributed by atoms with Crippen molar-refractivity contribution in [1.82, 2.24) is 0 Å². The van der Waals surface area contributed by atoms with Crippen molar-refractivity contribution in [3.63, 3.8) is 0 Å². The van der Waals surface area contributed by atoms with Crippen molar-refractivity contribution in [2.75, 3.05) is 5.08 Å². The van der Waals surface area contributed by atoms with E-state index in [9.17, 15) is 0 Å². The molecule has 26 valence electrons. The third-order valence-electron chi connectivity index (χ3n) is 0.0527. The lowest BCUT2D eigenvalue weighted by molar-refractivity contribution is 2.36. The minimum Gasteiger partial charge on any atom is -0.168 e. The average Bonchev–Trinajstić information content (AvgIpc) is 1.38. The molecule has 0 aliphatic heterocycles. The highest BCUT2D eigenvalue weighted by Crippen LogP contribution is 1.61. The Morgan fingerprint density at radius 1 is 2.50 bits per heavy atom. The van der Waals surface area contributed by atoms with Crippen LogP contribution >= 0.6 is 12.6 Å². The molecule has 0 aromatic carbocycles. The third-order valence-corrected chi connectivity index (χ3v) is 1.42. The van der Waals surface area contributed by atoms with Crippen LogP contribution in [0.1, 0.15) is 0 Å². The van der Waals surface area contributed by atoms with Crippen molar-refractivity contribution < 1.29 is 0 Å². The lowest BCUT2D eigenvalue weighted by Crippen LogP contribution is -1.51. The van der Waals surface area contributed by atoms with E-state index in [1.807, 2.05) is 0 Å². The lowest BCUT2D eigenvalue weighted by atomic mass is 11.9. The Kier molecular flexibility index (Phi) is 3.06. The fourth-order valence-electron chi connectivity index (χ4n) is 0. The van der Waals surface area contributed by atoms with Crippen LogP contribution in [0.2, 0.25) is 0 Å². The van der Waals surface area contributed by atoms with E-state index in [1.165, 1.54) is 0 Å². The molecule has 0 saturated carbocycles. The van der Waals surface area contributed by atoms with Crippen LogP contribution in [0.25, 0.3) is 0 Å². The lowest BCUT2D eigenvalue weighted by Gasteiger charge is -1.57. The molecule has 0 rings (SSSR count). The first kappa shape index (κ1) is 3.12. The first-order valence-corrected chi connectivity index (χ1v) is 3.31. The zero-order valence-corrected chi connectivity index (χ0v) is 4.50. The van der Waals surface area contributed by atoms with Gasteiger partial charge in [0.1, 0.15) is 1.12 Å². The fraction of sp³-hybridized carbons (Fsp3) is 1.00. The molecule has 3 heteroatoms. The molecule has 0 heterocycles. The van der Waals surface area contributed by atoms with E-state index in [-0.39, 0.29) is 0 Å². The van der Waals surface area contributed by atoms with Crippen LogP contribution in [0.5, 0.6) is 0 Å². The van der Waals surface area contributed by atoms with Gasteiger partial charge < -0.3 is 0 Å². The first-order chi connectivity index (χ1) is 2.27. The number of hydrogen-bond donors (Lipinski definition) is 2. The molecule has 0 N–H and O–H groups in total. The van der Waals surface area contributed by atoms with Crippen LogP contribution in [0, 0.1) is 0 Å². The summed E-state index contributed by atoms with van der Waals surface area (Å²) in [4.78, 5) is 0. The highest BCUT2D eigenvalue weighted by atomic mass is 32.8. The fourth-order valence-corrected chi connectivity index (χ4v) is 0.